The van der Waals surface area contributed by atoms with Gasteiger partial charge in [0.05, 0.1) is 11.9 Å². The average molecular weight is 382 g/mol. The number of carbonyl (C=O) groups excluding carboxylic acids is 1. The first kappa shape index (κ1) is 18.2. The van der Waals surface area contributed by atoms with E-state index in [1.54, 1.807) is 12.4 Å². The van der Waals surface area contributed by atoms with Gasteiger partial charge in [0.1, 0.15) is 23.6 Å². The molecule has 28 heavy (non-hydrogen) atoms. The Hall–Kier alpha value is -3.16. The Morgan fingerprint density at radius 3 is 3.14 bits per heavy atom. The van der Waals surface area contributed by atoms with Crippen molar-refractivity contribution in [2.45, 2.75) is 25.8 Å². The van der Waals surface area contributed by atoms with Crippen LogP contribution in [0.5, 0.6) is 0 Å². The fourth-order valence-electron chi connectivity index (χ4n) is 3.64. The largest absolute Gasteiger partial charge is 0.376 e. The molecule has 2 aromatic heterocycles. The van der Waals surface area contributed by atoms with Crippen LogP contribution in [-0.4, -0.2) is 46.5 Å². The SMILES string of the molecule is Cc1ccc(F)cc1NCC(=O)N[C@@H]1CCCN(c2ncnc3[nH]ccc23)C1. The molecule has 1 fully saturated rings. The molecule has 3 N–H and O–H groups in total. The first-order valence-corrected chi connectivity index (χ1v) is 9.42. The topological polar surface area (TPSA) is 85.9 Å². The number of hydrogen-bond acceptors (Lipinski definition) is 5. The first-order valence-electron chi connectivity index (χ1n) is 9.42. The lowest BCUT2D eigenvalue weighted by Crippen LogP contribution is -2.49. The summed E-state index contributed by atoms with van der Waals surface area (Å²) in [6.45, 7) is 3.57. The van der Waals surface area contributed by atoms with Crippen LogP contribution in [0.3, 0.4) is 0 Å². The van der Waals surface area contributed by atoms with Crippen LogP contribution in [0.25, 0.3) is 11.0 Å². The van der Waals surface area contributed by atoms with Gasteiger partial charge in [-0.25, -0.2) is 14.4 Å². The minimum Gasteiger partial charge on any atom is -0.376 e. The number of rotatable bonds is 5. The number of hydrogen-bond donors (Lipinski definition) is 3. The highest BCUT2D eigenvalue weighted by molar-refractivity contribution is 5.87. The van der Waals surface area contributed by atoms with Gasteiger partial charge in [-0.1, -0.05) is 6.07 Å². The normalized spacial score (nSPS) is 16.9. The number of piperidine rings is 1. The molecule has 1 aromatic carbocycles. The number of aromatic amines is 1. The van der Waals surface area contributed by atoms with E-state index in [9.17, 15) is 9.18 Å². The lowest BCUT2D eigenvalue weighted by molar-refractivity contribution is -0.120. The predicted molar refractivity (Wildman–Crippen MR) is 107 cm³/mol. The highest BCUT2D eigenvalue weighted by Gasteiger charge is 2.23. The highest BCUT2D eigenvalue weighted by Crippen LogP contribution is 2.25. The van der Waals surface area contributed by atoms with E-state index in [0.29, 0.717) is 12.2 Å². The third-order valence-electron chi connectivity index (χ3n) is 5.06. The van der Waals surface area contributed by atoms with Crippen molar-refractivity contribution < 1.29 is 9.18 Å². The van der Waals surface area contributed by atoms with Crippen molar-refractivity contribution in [1.29, 1.82) is 0 Å². The van der Waals surface area contributed by atoms with Crippen molar-refractivity contribution in [3.05, 3.63) is 48.2 Å². The zero-order chi connectivity index (χ0) is 19.5. The van der Waals surface area contributed by atoms with E-state index in [4.69, 9.17) is 0 Å². The fourth-order valence-corrected chi connectivity index (χ4v) is 3.64. The molecule has 1 aliphatic heterocycles. The summed E-state index contributed by atoms with van der Waals surface area (Å²) in [6, 6.07) is 6.52. The molecule has 4 rings (SSSR count). The summed E-state index contributed by atoms with van der Waals surface area (Å²) in [6.07, 6.45) is 5.30. The number of nitrogens with one attached hydrogen (secondary N) is 3. The monoisotopic (exact) mass is 382 g/mol. The summed E-state index contributed by atoms with van der Waals surface area (Å²) in [5, 5.41) is 7.08. The molecule has 0 radical (unpaired) electrons. The van der Waals surface area contributed by atoms with E-state index in [2.05, 4.69) is 30.5 Å². The van der Waals surface area contributed by atoms with Gasteiger partial charge in [0.25, 0.3) is 0 Å². The molecule has 1 amide bonds. The molecule has 1 aliphatic rings. The predicted octanol–water partition coefficient (Wildman–Crippen LogP) is 2.60. The molecule has 3 heterocycles. The number of aromatic nitrogens is 3. The van der Waals surface area contributed by atoms with Crippen LogP contribution in [-0.2, 0) is 4.79 Å². The molecule has 1 saturated heterocycles. The summed E-state index contributed by atoms with van der Waals surface area (Å²) in [5.74, 6) is 0.459. The van der Waals surface area contributed by atoms with Crippen LogP contribution in [0.1, 0.15) is 18.4 Å². The van der Waals surface area contributed by atoms with Gasteiger partial charge in [0, 0.05) is 31.0 Å². The molecule has 0 spiro atoms. The van der Waals surface area contributed by atoms with Gasteiger partial charge < -0.3 is 20.5 Å². The van der Waals surface area contributed by atoms with Crippen LogP contribution >= 0.6 is 0 Å². The lowest BCUT2D eigenvalue weighted by Gasteiger charge is -2.34. The third-order valence-corrected chi connectivity index (χ3v) is 5.06. The van der Waals surface area contributed by atoms with Gasteiger partial charge in [-0.15, -0.1) is 0 Å². The average Bonchev–Trinajstić information content (AvgIpc) is 3.18. The van der Waals surface area contributed by atoms with Crippen molar-refractivity contribution in [1.82, 2.24) is 20.3 Å². The van der Waals surface area contributed by atoms with Gasteiger partial charge in [-0.2, -0.15) is 0 Å². The third kappa shape index (κ3) is 3.90. The number of anilines is 2. The maximum Gasteiger partial charge on any atom is 0.239 e. The molecule has 3 aromatic rings. The number of H-pyrrole nitrogens is 1. The quantitative estimate of drug-likeness (QED) is 0.632. The maximum absolute atomic E-state index is 13.4. The van der Waals surface area contributed by atoms with Crippen molar-refractivity contribution in [3.8, 4) is 0 Å². The van der Waals surface area contributed by atoms with E-state index >= 15 is 0 Å². The Morgan fingerprint density at radius 1 is 1.36 bits per heavy atom. The van der Waals surface area contributed by atoms with Crippen LogP contribution in [0.2, 0.25) is 0 Å². The minimum atomic E-state index is -0.322. The first-order chi connectivity index (χ1) is 13.6. The van der Waals surface area contributed by atoms with Gasteiger partial charge in [0.15, 0.2) is 0 Å². The molecular weight excluding hydrogens is 359 g/mol. The zero-order valence-corrected chi connectivity index (χ0v) is 15.7. The second-order valence-corrected chi connectivity index (χ2v) is 7.10. The van der Waals surface area contributed by atoms with Crippen molar-refractivity contribution in [2.24, 2.45) is 0 Å². The number of nitrogens with zero attached hydrogens (tertiary/aromatic N) is 3. The number of halogens is 1. The Bertz CT molecular complexity index is 988. The molecule has 8 heteroatoms. The molecular formula is C20H23FN6O. The summed E-state index contributed by atoms with van der Waals surface area (Å²) >= 11 is 0. The maximum atomic E-state index is 13.4. The Balaban J connectivity index is 1.36. The molecule has 1 atom stereocenters. The van der Waals surface area contributed by atoms with Crippen LogP contribution in [0.15, 0.2) is 36.8 Å². The zero-order valence-electron chi connectivity index (χ0n) is 15.7. The van der Waals surface area contributed by atoms with Gasteiger partial charge in [-0.05, 0) is 43.5 Å². The van der Waals surface area contributed by atoms with E-state index in [0.717, 1.165) is 41.8 Å². The van der Waals surface area contributed by atoms with Gasteiger partial charge in [-0.3, -0.25) is 4.79 Å². The van der Waals surface area contributed by atoms with Crippen molar-refractivity contribution in [3.63, 3.8) is 0 Å². The van der Waals surface area contributed by atoms with Crippen LogP contribution in [0, 0.1) is 12.7 Å². The number of amides is 1. The molecule has 0 saturated carbocycles. The molecule has 146 valence electrons. The van der Waals surface area contributed by atoms with E-state index in [-0.39, 0.29) is 24.3 Å². The standard InChI is InChI=1S/C20H23FN6O/c1-13-4-5-14(21)9-17(13)23-10-18(28)26-15-3-2-8-27(11-15)20-16-6-7-22-19(16)24-12-25-20/h4-7,9,12,15,23H,2-3,8,10-11H2,1H3,(H,26,28)(H,22,24,25)/t15-/m1/s1. The van der Waals surface area contributed by atoms with Crippen LogP contribution in [0.4, 0.5) is 15.9 Å². The lowest BCUT2D eigenvalue weighted by atomic mass is 10.1. The number of carbonyl (C=O) groups is 1. The number of aryl methyl sites for hydroxylation is 1. The van der Waals surface area contributed by atoms with E-state index in [1.807, 2.05) is 19.2 Å². The highest BCUT2D eigenvalue weighted by atomic mass is 19.1. The molecule has 7 nitrogen and oxygen atoms in total. The molecule has 0 aliphatic carbocycles. The Labute approximate surface area is 162 Å². The smallest absolute Gasteiger partial charge is 0.239 e. The summed E-state index contributed by atoms with van der Waals surface area (Å²) in [4.78, 5) is 26.3. The van der Waals surface area contributed by atoms with Crippen molar-refractivity contribution >= 4 is 28.4 Å². The summed E-state index contributed by atoms with van der Waals surface area (Å²) in [7, 11) is 0. The van der Waals surface area contributed by atoms with E-state index < -0.39 is 0 Å². The van der Waals surface area contributed by atoms with Crippen molar-refractivity contribution in [2.75, 3.05) is 29.9 Å². The van der Waals surface area contributed by atoms with E-state index in [1.165, 1.54) is 12.1 Å². The second kappa shape index (κ2) is 7.84. The summed E-state index contributed by atoms with van der Waals surface area (Å²) in [5.41, 5.74) is 2.35. The van der Waals surface area contributed by atoms with Gasteiger partial charge >= 0.3 is 0 Å². The summed E-state index contributed by atoms with van der Waals surface area (Å²) < 4.78 is 13.4. The number of benzene rings is 1. The minimum absolute atomic E-state index is 0.0422. The Morgan fingerprint density at radius 2 is 2.25 bits per heavy atom. The second-order valence-electron chi connectivity index (χ2n) is 7.10. The molecule has 0 unspecified atom stereocenters. The van der Waals surface area contributed by atoms with Gasteiger partial charge in [0.2, 0.25) is 5.91 Å². The molecule has 0 bridgehead atoms. The number of fused-ring (bicyclic) bond motifs is 1. The fraction of sp³-hybridized carbons (Fsp3) is 0.350. The van der Waals surface area contributed by atoms with Crippen LogP contribution < -0.4 is 15.5 Å². The Kier molecular flexibility index (Phi) is 5.10.